The van der Waals surface area contributed by atoms with Crippen LogP contribution in [0.3, 0.4) is 0 Å². The third kappa shape index (κ3) is 4.13. The van der Waals surface area contributed by atoms with Gasteiger partial charge in [-0.25, -0.2) is 0 Å². The van der Waals surface area contributed by atoms with E-state index < -0.39 is 0 Å². The summed E-state index contributed by atoms with van der Waals surface area (Å²) in [7, 11) is 0. The van der Waals surface area contributed by atoms with Gasteiger partial charge < -0.3 is 5.11 Å². The summed E-state index contributed by atoms with van der Waals surface area (Å²) in [5.41, 5.74) is 6.90. The maximum atomic E-state index is 9.57. The van der Waals surface area contributed by atoms with Gasteiger partial charge in [0.2, 0.25) is 0 Å². The van der Waals surface area contributed by atoms with E-state index in [1.165, 1.54) is 53.5 Å². The molecule has 0 unspecified atom stereocenters. The lowest BCUT2D eigenvalue weighted by Crippen LogP contribution is -1.99. The molecule has 0 aliphatic carbocycles. The van der Waals surface area contributed by atoms with Gasteiger partial charge in [-0.3, -0.25) is 0 Å². The predicted molar refractivity (Wildman–Crippen MR) is 95.5 cm³/mol. The van der Waals surface area contributed by atoms with Crippen molar-refractivity contribution in [3.05, 3.63) is 53.1 Å². The van der Waals surface area contributed by atoms with Crippen molar-refractivity contribution in [1.29, 1.82) is 0 Å². The fraction of sp³-hybridized carbons (Fsp3) is 0.429. The van der Waals surface area contributed by atoms with E-state index in [9.17, 15) is 5.11 Å². The summed E-state index contributed by atoms with van der Waals surface area (Å²) in [6.45, 7) is 6.69. The van der Waals surface area contributed by atoms with Crippen LogP contribution in [-0.4, -0.2) is 5.11 Å². The summed E-state index contributed by atoms with van der Waals surface area (Å²) in [5, 5.41) is 9.57. The van der Waals surface area contributed by atoms with Crippen molar-refractivity contribution >= 4 is 0 Å². The predicted octanol–water partition coefficient (Wildman–Crippen LogP) is 6.05. The highest BCUT2D eigenvalue weighted by Gasteiger charge is 2.12. The number of aryl methyl sites for hydroxylation is 3. The van der Waals surface area contributed by atoms with Crippen molar-refractivity contribution < 1.29 is 5.11 Å². The van der Waals surface area contributed by atoms with E-state index in [2.05, 4.69) is 32.9 Å². The van der Waals surface area contributed by atoms with Crippen molar-refractivity contribution in [2.75, 3.05) is 0 Å². The van der Waals surface area contributed by atoms with E-state index in [1.54, 1.807) is 12.1 Å². The van der Waals surface area contributed by atoms with E-state index in [-0.39, 0.29) is 0 Å². The normalized spacial score (nSPS) is 10.9. The highest BCUT2D eigenvalue weighted by atomic mass is 16.3. The van der Waals surface area contributed by atoms with E-state index in [4.69, 9.17) is 0 Å². The van der Waals surface area contributed by atoms with Crippen LogP contribution in [-0.2, 0) is 12.8 Å². The molecule has 0 bridgehead atoms. The first-order chi connectivity index (χ1) is 10.7. The van der Waals surface area contributed by atoms with Crippen LogP contribution in [0.1, 0.15) is 56.2 Å². The molecule has 0 spiro atoms. The topological polar surface area (TPSA) is 20.2 Å². The SMILES string of the molecule is CCCCc1cc(C)cc(CCCC)c1-c1ccc(O)cc1. The molecule has 0 saturated carbocycles. The lowest BCUT2D eigenvalue weighted by atomic mass is 9.88. The standard InChI is InChI=1S/C21H28O/c1-4-6-8-18-14-16(3)15-19(9-7-5-2)21(18)17-10-12-20(22)13-11-17/h10-15,22H,4-9H2,1-3H3. The Kier molecular flexibility index (Phi) is 6.06. The van der Waals surface area contributed by atoms with Crippen LogP contribution in [0.15, 0.2) is 36.4 Å². The van der Waals surface area contributed by atoms with Gasteiger partial charge in [0.25, 0.3) is 0 Å². The van der Waals surface area contributed by atoms with Crippen molar-refractivity contribution in [1.82, 2.24) is 0 Å². The van der Waals surface area contributed by atoms with Gasteiger partial charge in [0.1, 0.15) is 5.75 Å². The fourth-order valence-electron chi connectivity index (χ4n) is 3.07. The number of aromatic hydroxyl groups is 1. The van der Waals surface area contributed by atoms with Crippen molar-refractivity contribution in [3.63, 3.8) is 0 Å². The van der Waals surface area contributed by atoms with Gasteiger partial charge in [-0.2, -0.15) is 0 Å². The van der Waals surface area contributed by atoms with Gasteiger partial charge in [-0.1, -0.05) is 56.5 Å². The molecular formula is C21H28O. The number of hydrogen-bond donors (Lipinski definition) is 1. The van der Waals surface area contributed by atoms with Crippen LogP contribution < -0.4 is 0 Å². The van der Waals surface area contributed by atoms with E-state index >= 15 is 0 Å². The van der Waals surface area contributed by atoms with Crippen LogP contribution >= 0.6 is 0 Å². The molecule has 2 aromatic carbocycles. The first-order valence-electron chi connectivity index (χ1n) is 8.57. The van der Waals surface area contributed by atoms with Gasteiger partial charge in [-0.15, -0.1) is 0 Å². The summed E-state index contributed by atoms with van der Waals surface area (Å²) in [6, 6.07) is 12.4. The Morgan fingerprint density at radius 2 is 1.32 bits per heavy atom. The average Bonchev–Trinajstić information content (AvgIpc) is 2.51. The first kappa shape index (κ1) is 16.6. The Labute approximate surface area is 135 Å². The molecule has 0 aromatic heterocycles. The maximum Gasteiger partial charge on any atom is 0.115 e. The monoisotopic (exact) mass is 296 g/mol. The Morgan fingerprint density at radius 1 is 0.818 bits per heavy atom. The molecule has 0 radical (unpaired) electrons. The van der Waals surface area contributed by atoms with Gasteiger partial charge in [0.15, 0.2) is 0 Å². The molecule has 0 heterocycles. The van der Waals surface area contributed by atoms with Crippen LogP contribution in [0.4, 0.5) is 0 Å². The zero-order valence-electron chi connectivity index (χ0n) is 14.2. The number of phenols is 1. The van der Waals surface area contributed by atoms with E-state index in [0.29, 0.717) is 5.75 Å². The Hall–Kier alpha value is -1.76. The highest BCUT2D eigenvalue weighted by molar-refractivity contribution is 5.72. The minimum atomic E-state index is 0.334. The molecule has 2 aromatic rings. The molecule has 0 amide bonds. The van der Waals surface area contributed by atoms with Crippen molar-refractivity contribution in [2.45, 2.75) is 59.3 Å². The molecule has 118 valence electrons. The minimum Gasteiger partial charge on any atom is -0.508 e. The molecule has 22 heavy (non-hydrogen) atoms. The number of rotatable bonds is 7. The summed E-state index contributed by atoms with van der Waals surface area (Å²) in [6.07, 6.45) is 7.14. The first-order valence-corrected chi connectivity index (χ1v) is 8.57. The van der Waals surface area contributed by atoms with Crippen molar-refractivity contribution in [2.24, 2.45) is 0 Å². The quantitative estimate of drug-likeness (QED) is 0.659. The molecule has 0 fully saturated rings. The molecule has 0 aliphatic rings. The molecule has 0 atom stereocenters. The minimum absolute atomic E-state index is 0.334. The zero-order chi connectivity index (χ0) is 15.9. The lowest BCUT2D eigenvalue weighted by Gasteiger charge is -2.17. The molecule has 2 rings (SSSR count). The molecule has 1 N–H and O–H groups in total. The molecular weight excluding hydrogens is 268 g/mol. The Bertz CT molecular complexity index is 567. The van der Waals surface area contributed by atoms with Crippen LogP contribution in [0.2, 0.25) is 0 Å². The maximum absolute atomic E-state index is 9.57. The molecule has 0 saturated heterocycles. The highest BCUT2D eigenvalue weighted by Crippen LogP contribution is 2.32. The summed E-state index contributed by atoms with van der Waals surface area (Å²) >= 11 is 0. The smallest absolute Gasteiger partial charge is 0.115 e. The summed E-state index contributed by atoms with van der Waals surface area (Å²) < 4.78 is 0. The Morgan fingerprint density at radius 3 is 1.77 bits per heavy atom. The lowest BCUT2D eigenvalue weighted by molar-refractivity contribution is 0.475. The number of hydrogen-bond acceptors (Lipinski definition) is 1. The second kappa shape index (κ2) is 8.03. The van der Waals surface area contributed by atoms with Crippen LogP contribution in [0.5, 0.6) is 5.75 Å². The Balaban J connectivity index is 2.51. The van der Waals surface area contributed by atoms with Crippen LogP contribution in [0.25, 0.3) is 11.1 Å². The van der Waals surface area contributed by atoms with E-state index in [1.807, 2.05) is 12.1 Å². The largest absolute Gasteiger partial charge is 0.508 e. The third-order valence-corrected chi connectivity index (χ3v) is 4.20. The van der Waals surface area contributed by atoms with Crippen LogP contribution in [0, 0.1) is 6.92 Å². The van der Waals surface area contributed by atoms with Gasteiger partial charge in [-0.05, 0) is 67.0 Å². The summed E-state index contributed by atoms with van der Waals surface area (Å²) in [4.78, 5) is 0. The summed E-state index contributed by atoms with van der Waals surface area (Å²) in [5.74, 6) is 0.334. The van der Waals surface area contributed by atoms with Gasteiger partial charge in [0.05, 0.1) is 0 Å². The molecule has 1 heteroatoms. The van der Waals surface area contributed by atoms with Gasteiger partial charge in [0, 0.05) is 0 Å². The van der Waals surface area contributed by atoms with Gasteiger partial charge >= 0.3 is 0 Å². The zero-order valence-corrected chi connectivity index (χ0v) is 14.2. The number of benzene rings is 2. The average molecular weight is 296 g/mol. The third-order valence-electron chi connectivity index (χ3n) is 4.20. The second-order valence-corrected chi connectivity index (χ2v) is 6.21. The van der Waals surface area contributed by atoms with Crippen molar-refractivity contribution in [3.8, 4) is 16.9 Å². The number of unbranched alkanes of at least 4 members (excludes halogenated alkanes) is 2. The van der Waals surface area contributed by atoms with E-state index in [0.717, 1.165) is 12.8 Å². The molecule has 1 nitrogen and oxygen atoms in total. The fourth-order valence-corrected chi connectivity index (χ4v) is 3.07. The number of phenolic OH excluding ortho intramolecular Hbond substituents is 1. The second-order valence-electron chi connectivity index (χ2n) is 6.21. The molecule has 0 aliphatic heterocycles.